The van der Waals surface area contributed by atoms with Crippen LogP contribution in [0.2, 0.25) is 0 Å². The number of hydrogen-bond acceptors (Lipinski definition) is 3. The molecule has 0 radical (unpaired) electrons. The molecule has 1 heterocycles. The van der Waals surface area contributed by atoms with Gasteiger partial charge in [0.25, 0.3) is 0 Å². The van der Waals surface area contributed by atoms with Crippen molar-refractivity contribution in [2.24, 2.45) is 5.73 Å². The average Bonchev–Trinajstić information content (AvgIpc) is 3.00. The van der Waals surface area contributed by atoms with E-state index in [0.717, 1.165) is 34.7 Å². The highest BCUT2D eigenvalue weighted by Crippen LogP contribution is 2.49. The van der Waals surface area contributed by atoms with Crippen molar-refractivity contribution in [1.82, 2.24) is 4.98 Å². The molecule has 0 unspecified atom stereocenters. The van der Waals surface area contributed by atoms with Crippen molar-refractivity contribution in [3.63, 3.8) is 0 Å². The molecule has 2 aromatic rings. The van der Waals surface area contributed by atoms with Gasteiger partial charge in [0.2, 0.25) is 0 Å². The van der Waals surface area contributed by atoms with Gasteiger partial charge in [0.1, 0.15) is 5.01 Å². The van der Waals surface area contributed by atoms with E-state index in [1.54, 1.807) is 0 Å². The number of thiazole rings is 1. The molecule has 0 saturated heterocycles. The smallest absolute Gasteiger partial charge is 0.329 e. The highest BCUT2D eigenvalue weighted by atomic mass is 32.1. The molecule has 0 atom stereocenters. The number of hydrogen-bond donors (Lipinski definition) is 1. The molecule has 0 amide bonds. The Kier molecular flexibility index (Phi) is 2.44. The number of aromatic nitrogens is 1. The Morgan fingerprint density at radius 2 is 2.06 bits per heavy atom. The highest BCUT2D eigenvalue weighted by molar-refractivity contribution is 7.18. The number of halogens is 3. The Balaban J connectivity index is 2.08. The fourth-order valence-electron chi connectivity index (χ4n) is 1.99. The van der Waals surface area contributed by atoms with Crippen molar-refractivity contribution in [3.05, 3.63) is 28.8 Å². The van der Waals surface area contributed by atoms with Gasteiger partial charge in [-0.1, -0.05) is 0 Å². The molecule has 1 saturated carbocycles. The second-order valence-electron chi connectivity index (χ2n) is 4.68. The number of alkyl halides is 3. The Morgan fingerprint density at radius 1 is 1.33 bits per heavy atom. The maximum absolute atomic E-state index is 12.6. The Hall–Kier alpha value is -1.14. The van der Waals surface area contributed by atoms with E-state index >= 15 is 0 Å². The van der Waals surface area contributed by atoms with Crippen molar-refractivity contribution in [2.45, 2.75) is 24.4 Å². The Bertz CT molecular complexity index is 599. The van der Waals surface area contributed by atoms with Crippen molar-refractivity contribution in [1.29, 1.82) is 0 Å². The molecule has 0 spiro atoms. The van der Waals surface area contributed by atoms with Gasteiger partial charge < -0.3 is 5.73 Å². The fraction of sp³-hybridized carbons (Fsp3) is 0.417. The summed E-state index contributed by atoms with van der Waals surface area (Å²) in [5, 5.41) is 0.874. The lowest BCUT2D eigenvalue weighted by Crippen LogP contribution is -2.19. The molecule has 1 aliphatic rings. The third-order valence-corrected chi connectivity index (χ3v) is 4.70. The van der Waals surface area contributed by atoms with Crippen LogP contribution in [-0.2, 0) is 11.6 Å². The predicted octanol–water partition coefficient (Wildman–Crippen LogP) is 3.31. The molecular weight excluding hydrogens is 261 g/mol. The first-order valence-corrected chi connectivity index (χ1v) is 6.45. The van der Waals surface area contributed by atoms with E-state index in [1.165, 1.54) is 17.4 Å². The minimum Gasteiger partial charge on any atom is -0.329 e. The number of nitrogens with zero attached hydrogens (tertiary/aromatic N) is 1. The first-order valence-electron chi connectivity index (χ1n) is 5.63. The van der Waals surface area contributed by atoms with Gasteiger partial charge in [0.05, 0.1) is 15.8 Å². The van der Waals surface area contributed by atoms with E-state index in [-0.39, 0.29) is 5.41 Å². The summed E-state index contributed by atoms with van der Waals surface area (Å²) >= 11 is 1.45. The van der Waals surface area contributed by atoms with Crippen LogP contribution >= 0.6 is 11.3 Å². The molecule has 2 nitrogen and oxygen atoms in total. The van der Waals surface area contributed by atoms with E-state index in [4.69, 9.17) is 5.73 Å². The summed E-state index contributed by atoms with van der Waals surface area (Å²) in [5.41, 5.74) is 5.41. The lowest BCUT2D eigenvalue weighted by molar-refractivity contribution is -0.137. The van der Waals surface area contributed by atoms with Gasteiger partial charge in [-0.05, 0) is 31.0 Å². The van der Waals surface area contributed by atoms with Crippen LogP contribution in [0.15, 0.2) is 18.2 Å². The number of rotatable bonds is 2. The minimum atomic E-state index is -4.32. The summed E-state index contributed by atoms with van der Waals surface area (Å²) < 4.78 is 38.6. The Labute approximate surface area is 106 Å². The molecule has 96 valence electrons. The lowest BCUT2D eigenvalue weighted by atomic mass is 10.1. The van der Waals surface area contributed by atoms with Gasteiger partial charge in [-0.3, -0.25) is 0 Å². The monoisotopic (exact) mass is 272 g/mol. The summed E-state index contributed by atoms with van der Waals surface area (Å²) in [6.45, 7) is 0.513. The molecular formula is C12H11F3N2S. The van der Waals surface area contributed by atoms with Gasteiger partial charge in [-0.2, -0.15) is 13.2 Å². The third-order valence-electron chi connectivity index (χ3n) is 3.41. The zero-order valence-corrected chi connectivity index (χ0v) is 10.2. The predicted molar refractivity (Wildman–Crippen MR) is 64.6 cm³/mol. The summed E-state index contributed by atoms with van der Waals surface area (Å²) in [7, 11) is 0. The summed E-state index contributed by atoms with van der Waals surface area (Å²) in [4.78, 5) is 4.33. The van der Waals surface area contributed by atoms with Crippen molar-refractivity contribution in [2.75, 3.05) is 6.54 Å². The molecule has 1 aliphatic carbocycles. The van der Waals surface area contributed by atoms with Crippen LogP contribution < -0.4 is 5.73 Å². The largest absolute Gasteiger partial charge is 0.416 e. The first kappa shape index (κ1) is 11.9. The SMILES string of the molecule is NCC1(c2nc3cc(C(F)(F)F)ccc3s2)CC1. The molecule has 0 aliphatic heterocycles. The number of fused-ring (bicyclic) bond motifs is 1. The van der Waals surface area contributed by atoms with Gasteiger partial charge in [-0.25, -0.2) is 4.98 Å². The van der Waals surface area contributed by atoms with Crippen LogP contribution in [-0.4, -0.2) is 11.5 Å². The van der Waals surface area contributed by atoms with Gasteiger partial charge in [0.15, 0.2) is 0 Å². The number of nitrogens with two attached hydrogens (primary N) is 1. The van der Waals surface area contributed by atoms with E-state index in [2.05, 4.69) is 4.98 Å². The molecule has 3 rings (SSSR count). The van der Waals surface area contributed by atoms with Crippen molar-refractivity contribution >= 4 is 21.6 Å². The highest BCUT2D eigenvalue weighted by Gasteiger charge is 2.45. The minimum absolute atomic E-state index is 0.0674. The maximum Gasteiger partial charge on any atom is 0.416 e. The van der Waals surface area contributed by atoms with Gasteiger partial charge >= 0.3 is 6.18 Å². The normalized spacial score (nSPS) is 18.2. The van der Waals surface area contributed by atoms with E-state index < -0.39 is 11.7 Å². The maximum atomic E-state index is 12.6. The van der Waals surface area contributed by atoms with Crippen LogP contribution in [0.3, 0.4) is 0 Å². The lowest BCUT2D eigenvalue weighted by Gasteiger charge is -2.06. The van der Waals surface area contributed by atoms with Gasteiger partial charge in [-0.15, -0.1) is 11.3 Å². The third kappa shape index (κ3) is 1.80. The molecule has 6 heteroatoms. The second-order valence-corrected chi connectivity index (χ2v) is 5.71. The zero-order chi connectivity index (χ0) is 13.0. The summed E-state index contributed by atoms with van der Waals surface area (Å²) in [6.07, 6.45) is -2.35. The standard InChI is InChI=1S/C12H11F3N2S/c13-12(14,15)7-1-2-9-8(5-7)17-10(18-9)11(6-16)3-4-11/h1-2,5H,3-4,6,16H2. The van der Waals surface area contributed by atoms with Crippen LogP contribution in [0.25, 0.3) is 10.2 Å². The van der Waals surface area contributed by atoms with E-state index in [0.29, 0.717) is 12.1 Å². The zero-order valence-electron chi connectivity index (χ0n) is 9.42. The molecule has 0 bridgehead atoms. The van der Waals surface area contributed by atoms with Crippen LogP contribution in [0.5, 0.6) is 0 Å². The van der Waals surface area contributed by atoms with Crippen LogP contribution in [0, 0.1) is 0 Å². The molecule has 1 fully saturated rings. The topological polar surface area (TPSA) is 38.9 Å². The van der Waals surface area contributed by atoms with Crippen molar-refractivity contribution < 1.29 is 13.2 Å². The number of benzene rings is 1. The van der Waals surface area contributed by atoms with E-state index in [9.17, 15) is 13.2 Å². The molecule has 1 aromatic carbocycles. The molecule has 1 aromatic heterocycles. The summed E-state index contributed by atoms with van der Waals surface area (Å²) in [6, 6.07) is 3.71. The van der Waals surface area contributed by atoms with Crippen molar-refractivity contribution in [3.8, 4) is 0 Å². The van der Waals surface area contributed by atoms with Crippen LogP contribution in [0.4, 0.5) is 13.2 Å². The summed E-state index contributed by atoms with van der Waals surface area (Å²) in [5.74, 6) is 0. The quantitative estimate of drug-likeness (QED) is 0.911. The second kappa shape index (κ2) is 3.68. The molecule has 18 heavy (non-hydrogen) atoms. The van der Waals surface area contributed by atoms with Crippen LogP contribution in [0.1, 0.15) is 23.4 Å². The molecule has 2 N–H and O–H groups in total. The fourth-order valence-corrected chi connectivity index (χ4v) is 3.19. The first-order chi connectivity index (χ1) is 8.44. The average molecular weight is 272 g/mol. The Morgan fingerprint density at radius 3 is 2.61 bits per heavy atom. The van der Waals surface area contributed by atoms with E-state index in [1.807, 2.05) is 0 Å². The van der Waals surface area contributed by atoms with Gasteiger partial charge in [0, 0.05) is 12.0 Å².